The second-order valence-electron chi connectivity index (χ2n) is 9.32. The molecule has 0 aliphatic carbocycles. The summed E-state index contributed by atoms with van der Waals surface area (Å²) >= 11 is 0. The van der Waals surface area contributed by atoms with Crippen LogP contribution in [0.4, 0.5) is 0 Å². The third kappa shape index (κ3) is 4.30. The van der Waals surface area contributed by atoms with Crippen molar-refractivity contribution in [2.45, 2.75) is 52.4 Å². The van der Waals surface area contributed by atoms with Crippen molar-refractivity contribution in [2.24, 2.45) is 0 Å². The van der Waals surface area contributed by atoms with Gasteiger partial charge in [0.15, 0.2) is 0 Å². The molecule has 2 aromatic rings. The maximum absolute atomic E-state index is 14.3. The van der Waals surface area contributed by atoms with Gasteiger partial charge in [-0.25, -0.2) is 0 Å². The number of hydrogen-bond donors (Lipinski definition) is 2. The third-order valence-electron chi connectivity index (χ3n) is 5.11. The molecule has 0 aliphatic heterocycles. The summed E-state index contributed by atoms with van der Waals surface area (Å²) in [5.74, 6) is 0.577. The van der Waals surface area contributed by atoms with Gasteiger partial charge in [-0.15, -0.1) is 0 Å². The number of phenols is 2. The Kier molecular flexibility index (Phi) is 6.56. The molecule has 0 amide bonds. The second-order valence-corrected chi connectivity index (χ2v) is 11.8. The van der Waals surface area contributed by atoms with E-state index in [0.717, 1.165) is 0 Å². The van der Waals surface area contributed by atoms with Crippen LogP contribution in [0.1, 0.15) is 52.7 Å². The fourth-order valence-corrected chi connectivity index (χ4v) is 5.39. The molecule has 0 saturated heterocycles. The average Bonchev–Trinajstić information content (AvgIpc) is 2.65. The van der Waals surface area contributed by atoms with E-state index in [1.165, 1.54) is 33.5 Å². The summed E-state index contributed by atoms with van der Waals surface area (Å²) in [6.45, 7) is 11.6. The summed E-state index contributed by atoms with van der Waals surface area (Å²) in [6.07, 6.45) is 0. The normalized spacial score (nSPS) is 12.7. The van der Waals surface area contributed by atoms with Gasteiger partial charge in [-0.1, -0.05) is 41.5 Å². The minimum atomic E-state index is -3.91. The summed E-state index contributed by atoms with van der Waals surface area (Å²) in [5, 5.41) is 22.3. The molecule has 0 aliphatic rings. The Morgan fingerprint density at radius 3 is 1.27 bits per heavy atom. The van der Waals surface area contributed by atoms with Gasteiger partial charge in [0.25, 0.3) is 7.37 Å². The van der Waals surface area contributed by atoms with Crippen LogP contribution in [-0.2, 0) is 19.9 Å². The predicted octanol–water partition coefficient (Wildman–Crippen LogP) is 4.59. The summed E-state index contributed by atoms with van der Waals surface area (Å²) in [4.78, 5) is 0. The molecule has 0 bridgehead atoms. The Balaban J connectivity index is 2.96. The molecular formula is C23H33O6P. The minimum Gasteiger partial charge on any atom is -0.507 e. The van der Waals surface area contributed by atoms with Crippen LogP contribution in [0.25, 0.3) is 0 Å². The Morgan fingerprint density at radius 1 is 0.700 bits per heavy atom. The first-order valence-corrected chi connectivity index (χ1v) is 11.3. The zero-order valence-corrected chi connectivity index (χ0v) is 20.2. The smallest absolute Gasteiger partial charge is 0.268 e. The van der Waals surface area contributed by atoms with Gasteiger partial charge in [0, 0.05) is 18.2 Å². The number of phenolic OH excluding ortho intramolecular Hbond substituents is 2. The van der Waals surface area contributed by atoms with Crippen molar-refractivity contribution in [1.82, 2.24) is 0 Å². The number of aromatic hydroxyl groups is 2. The molecule has 2 aromatic carbocycles. The molecule has 30 heavy (non-hydrogen) atoms. The molecule has 166 valence electrons. The third-order valence-corrected chi connectivity index (χ3v) is 7.57. The largest absolute Gasteiger partial charge is 0.507 e. The van der Waals surface area contributed by atoms with Gasteiger partial charge in [-0.05, 0) is 35.1 Å². The quantitative estimate of drug-likeness (QED) is 0.667. The maximum Gasteiger partial charge on any atom is 0.268 e. The van der Waals surface area contributed by atoms with E-state index in [9.17, 15) is 14.8 Å². The van der Waals surface area contributed by atoms with E-state index in [4.69, 9.17) is 14.0 Å². The molecule has 0 radical (unpaired) electrons. The molecule has 0 heterocycles. The van der Waals surface area contributed by atoms with Crippen LogP contribution in [0.3, 0.4) is 0 Å². The van der Waals surface area contributed by atoms with E-state index < -0.39 is 18.2 Å². The monoisotopic (exact) mass is 436 g/mol. The van der Waals surface area contributed by atoms with Crippen molar-refractivity contribution in [3.05, 3.63) is 35.4 Å². The van der Waals surface area contributed by atoms with Crippen LogP contribution in [0, 0.1) is 0 Å². The second kappa shape index (κ2) is 8.16. The predicted molar refractivity (Wildman–Crippen MR) is 121 cm³/mol. The van der Waals surface area contributed by atoms with Crippen LogP contribution in [0.15, 0.2) is 24.3 Å². The summed E-state index contributed by atoms with van der Waals surface area (Å²) in [5.41, 5.74) is 0.234. The Morgan fingerprint density at radius 2 is 1.03 bits per heavy atom. The van der Waals surface area contributed by atoms with Crippen molar-refractivity contribution in [2.75, 3.05) is 21.3 Å². The Labute approximate surface area is 179 Å². The highest BCUT2D eigenvalue weighted by Gasteiger charge is 2.38. The molecule has 2 N–H and O–H groups in total. The summed E-state index contributed by atoms with van der Waals surface area (Å²) < 4.78 is 30.6. The van der Waals surface area contributed by atoms with E-state index in [1.807, 2.05) is 41.5 Å². The first-order chi connectivity index (χ1) is 13.7. The van der Waals surface area contributed by atoms with Crippen LogP contribution >= 0.6 is 7.37 Å². The lowest BCUT2D eigenvalue weighted by atomic mass is 9.86. The molecule has 2 rings (SSSR count). The van der Waals surface area contributed by atoms with Crippen molar-refractivity contribution in [3.8, 4) is 23.0 Å². The van der Waals surface area contributed by atoms with Crippen molar-refractivity contribution < 1.29 is 28.8 Å². The first-order valence-electron chi connectivity index (χ1n) is 9.70. The van der Waals surface area contributed by atoms with Gasteiger partial charge >= 0.3 is 0 Å². The highest BCUT2D eigenvalue weighted by Crippen LogP contribution is 2.52. The number of rotatable bonds is 5. The Bertz CT molecular complexity index is 907. The van der Waals surface area contributed by atoms with Crippen LogP contribution in [0.5, 0.6) is 23.0 Å². The van der Waals surface area contributed by atoms with Crippen LogP contribution in [0.2, 0.25) is 0 Å². The number of hydrogen-bond acceptors (Lipinski definition) is 6. The lowest BCUT2D eigenvalue weighted by Gasteiger charge is -2.28. The van der Waals surface area contributed by atoms with Crippen LogP contribution < -0.4 is 20.1 Å². The topological polar surface area (TPSA) is 85.2 Å². The van der Waals surface area contributed by atoms with Crippen molar-refractivity contribution in [1.29, 1.82) is 0 Å². The number of methoxy groups -OCH3 is 2. The highest BCUT2D eigenvalue weighted by molar-refractivity contribution is 7.74. The number of ether oxygens (including phenoxy) is 2. The molecule has 0 spiro atoms. The van der Waals surface area contributed by atoms with Gasteiger partial charge in [0.1, 0.15) is 23.0 Å². The van der Waals surface area contributed by atoms with Crippen LogP contribution in [-0.4, -0.2) is 31.5 Å². The zero-order chi connectivity index (χ0) is 23.1. The van der Waals surface area contributed by atoms with Gasteiger partial charge in [-0.2, -0.15) is 0 Å². The van der Waals surface area contributed by atoms with Gasteiger partial charge in [-0.3, -0.25) is 4.57 Å². The summed E-state index contributed by atoms with van der Waals surface area (Å²) in [7, 11) is 0.386. The van der Waals surface area contributed by atoms with E-state index >= 15 is 0 Å². The molecule has 6 nitrogen and oxygen atoms in total. The maximum atomic E-state index is 14.3. The van der Waals surface area contributed by atoms with E-state index in [1.54, 1.807) is 12.1 Å². The molecular weight excluding hydrogens is 403 g/mol. The zero-order valence-electron chi connectivity index (χ0n) is 19.3. The number of benzene rings is 2. The molecule has 0 fully saturated rings. The molecule has 7 heteroatoms. The van der Waals surface area contributed by atoms with E-state index in [2.05, 4.69) is 0 Å². The van der Waals surface area contributed by atoms with Crippen molar-refractivity contribution in [3.63, 3.8) is 0 Å². The Hall–Kier alpha value is -2.17. The van der Waals surface area contributed by atoms with Gasteiger partial charge in [0.2, 0.25) is 0 Å². The van der Waals surface area contributed by atoms with E-state index in [-0.39, 0.29) is 22.1 Å². The lowest BCUT2D eigenvalue weighted by Crippen LogP contribution is -2.24. The standard InChI is InChI=1S/C23H33O6P/c1-22(2,3)16-10-14(27-7)12-18(20(16)24)30(26,29-9)19-13-15(28-8)11-17(21(19)25)23(4,5)6/h10-13,24-25H,1-9H3. The fraction of sp³-hybridized carbons (Fsp3) is 0.478. The van der Waals surface area contributed by atoms with Gasteiger partial charge < -0.3 is 24.2 Å². The van der Waals surface area contributed by atoms with E-state index in [0.29, 0.717) is 22.6 Å². The highest BCUT2D eigenvalue weighted by atomic mass is 31.2. The lowest BCUT2D eigenvalue weighted by molar-refractivity contribution is 0.395. The molecule has 0 saturated carbocycles. The molecule has 0 atom stereocenters. The minimum absolute atomic E-state index is 0.0673. The average molecular weight is 436 g/mol. The van der Waals surface area contributed by atoms with Gasteiger partial charge in [0.05, 0.1) is 24.8 Å². The fourth-order valence-electron chi connectivity index (χ4n) is 3.34. The molecule has 0 aromatic heterocycles. The SMILES string of the molecule is COc1cc(C(C)(C)C)c(O)c(P(=O)(OC)c2cc(OC)cc(C(C)(C)C)c2O)c1. The molecule has 0 unspecified atom stereocenters. The van der Waals surface area contributed by atoms with Crippen molar-refractivity contribution >= 4 is 18.0 Å². The first kappa shape index (κ1) is 24.1. The summed E-state index contributed by atoms with van der Waals surface area (Å²) in [6, 6.07) is 6.41.